The third-order valence-electron chi connectivity index (χ3n) is 4.49. The second kappa shape index (κ2) is 7.27. The van der Waals surface area contributed by atoms with Crippen LogP contribution < -0.4 is 10.1 Å². The lowest BCUT2D eigenvalue weighted by Gasteiger charge is -2.15. The van der Waals surface area contributed by atoms with Crippen molar-refractivity contribution in [3.8, 4) is 5.75 Å². The van der Waals surface area contributed by atoms with Gasteiger partial charge < -0.3 is 10.1 Å². The zero-order valence-corrected chi connectivity index (χ0v) is 14.6. The largest absolute Gasteiger partial charge is 0.489 e. The van der Waals surface area contributed by atoms with Gasteiger partial charge in [-0.2, -0.15) is 5.10 Å². The summed E-state index contributed by atoms with van der Waals surface area (Å²) >= 11 is 0. The van der Waals surface area contributed by atoms with Gasteiger partial charge >= 0.3 is 0 Å². The Labute approximate surface area is 152 Å². The zero-order valence-electron chi connectivity index (χ0n) is 14.6. The maximum atomic E-state index is 6.20. The van der Waals surface area contributed by atoms with E-state index in [2.05, 4.69) is 57.8 Å². The highest BCUT2D eigenvalue weighted by atomic mass is 16.5. The average Bonchev–Trinajstić information content (AvgIpc) is 3.19. The lowest BCUT2D eigenvalue weighted by atomic mass is 10.0. The van der Waals surface area contributed by atoms with Gasteiger partial charge in [0.15, 0.2) is 0 Å². The third kappa shape index (κ3) is 3.37. The minimum atomic E-state index is 0.542. The Morgan fingerprint density at radius 3 is 2.69 bits per heavy atom. The van der Waals surface area contributed by atoms with Gasteiger partial charge in [0, 0.05) is 12.1 Å². The van der Waals surface area contributed by atoms with Gasteiger partial charge in [-0.3, -0.25) is 0 Å². The third-order valence-corrected chi connectivity index (χ3v) is 4.49. The van der Waals surface area contributed by atoms with E-state index in [1.165, 1.54) is 28.2 Å². The van der Waals surface area contributed by atoms with E-state index in [9.17, 15) is 0 Å². The topological polar surface area (TPSA) is 62.8 Å². The van der Waals surface area contributed by atoms with Crippen LogP contribution >= 0.6 is 0 Å². The van der Waals surface area contributed by atoms with Crippen molar-refractivity contribution >= 4 is 16.7 Å². The van der Waals surface area contributed by atoms with Crippen LogP contribution in [0.25, 0.3) is 10.8 Å². The van der Waals surface area contributed by atoms with E-state index < -0.39 is 0 Å². The summed E-state index contributed by atoms with van der Waals surface area (Å²) in [6.45, 7) is 3.24. The fourth-order valence-electron chi connectivity index (χ4n) is 3.02. The highest BCUT2D eigenvalue weighted by Gasteiger charge is 2.10. The minimum absolute atomic E-state index is 0.542. The predicted molar refractivity (Wildman–Crippen MR) is 103 cm³/mol. The number of benzene rings is 3. The molecule has 0 atom stereocenters. The number of anilines is 1. The number of aryl methyl sites for hydroxylation is 1. The molecule has 0 aliphatic rings. The summed E-state index contributed by atoms with van der Waals surface area (Å²) in [6.07, 6.45) is 1.49. The summed E-state index contributed by atoms with van der Waals surface area (Å²) in [5, 5.41) is 12.3. The number of hydrogen-bond donors (Lipinski definition) is 2. The zero-order chi connectivity index (χ0) is 17.8. The van der Waals surface area contributed by atoms with Crippen LogP contribution in [-0.4, -0.2) is 15.2 Å². The van der Waals surface area contributed by atoms with Crippen molar-refractivity contribution in [2.75, 3.05) is 5.32 Å². The van der Waals surface area contributed by atoms with Gasteiger partial charge in [0.25, 0.3) is 0 Å². The van der Waals surface area contributed by atoms with Crippen molar-refractivity contribution in [1.82, 2.24) is 15.2 Å². The molecule has 130 valence electrons. The summed E-state index contributed by atoms with van der Waals surface area (Å²) in [5.74, 6) is 1.52. The molecule has 4 aromatic rings. The molecule has 0 bridgehead atoms. The molecule has 0 unspecified atom stereocenters. The van der Waals surface area contributed by atoms with E-state index in [4.69, 9.17) is 4.74 Å². The highest BCUT2D eigenvalue weighted by Crippen LogP contribution is 2.29. The average molecular weight is 344 g/mol. The van der Waals surface area contributed by atoms with E-state index in [-0.39, 0.29) is 0 Å². The normalized spacial score (nSPS) is 10.8. The maximum absolute atomic E-state index is 6.20. The van der Waals surface area contributed by atoms with E-state index in [1.807, 2.05) is 30.3 Å². The molecular formula is C21H20N4O. The molecule has 0 spiro atoms. The van der Waals surface area contributed by atoms with Crippen LogP contribution in [0.3, 0.4) is 0 Å². The number of ether oxygens (including phenoxy) is 1. The van der Waals surface area contributed by atoms with Gasteiger partial charge in [-0.15, -0.1) is 0 Å². The van der Waals surface area contributed by atoms with Gasteiger partial charge in [-0.05, 0) is 34.9 Å². The Morgan fingerprint density at radius 1 is 1.00 bits per heavy atom. The molecule has 26 heavy (non-hydrogen) atoms. The van der Waals surface area contributed by atoms with E-state index >= 15 is 0 Å². The highest BCUT2D eigenvalue weighted by molar-refractivity contribution is 5.88. The Balaban J connectivity index is 1.64. The van der Waals surface area contributed by atoms with Gasteiger partial charge in [0.1, 0.15) is 18.7 Å². The number of H-pyrrole nitrogens is 1. The SMILES string of the molecule is Cc1ccccc1COc1ccc2ccccc2c1CNc1ncn[nH]1. The minimum Gasteiger partial charge on any atom is -0.489 e. The van der Waals surface area contributed by atoms with Gasteiger partial charge in [0.2, 0.25) is 5.95 Å². The first-order valence-corrected chi connectivity index (χ1v) is 8.58. The van der Waals surface area contributed by atoms with Crippen LogP contribution in [0.15, 0.2) is 67.0 Å². The fraction of sp³-hybridized carbons (Fsp3) is 0.143. The van der Waals surface area contributed by atoms with Crippen LogP contribution in [0.1, 0.15) is 16.7 Å². The molecular weight excluding hydrogens is 324 g/mol. The number of nitrogens with one attached hydrogen (secondary N) is 2. The summed E-state index contributed by atoms with van der Waals surface area (Å²) in [4.78, 5) is 4.13. The molecule has 5 nitrogen and oxygen atoms in total. The van der Waals surface area contributed by atoms with Crippen LogP contribution in [0.4, 0.5) is 5.95 Å². The van der Waals surface area contributed by atoms with E-state index in [0.717, 1.165) is 11.3 Å². The molecule has 0 saturated heterocycles. The second-order valence-electron chi connectivity index (χ2n) is 6.17. The van der Waals surface area contributed by atoms with Crippen molar-refractivity contribution in [3.05, 3.63) is 83.7 Å². The number of hydrogen-bond acceptors (Lipinski definition) is 4. The van der Waals surface area contributed by atoms with Crippen molar-refractivity contribution < 1.29 is 4.74 Å². The van der Waals surface area contributed by atoms with E-state index in [1.54, 1.807) is 0 Å². The predicted octanol–water partition coefficient (Wildman–Crippen LogP) is 4.46. The molecule has 1 aromatic heterocycles. The Hall–Kier alpha value is -3.34. The monoisotopic (exact) mass is 344 g/mol. The Bertz CT molecular complexity index is 1010. The van der Waals surface area contributed by atoms with Crippen molar-refractivity contribution in [2.45, 2.75) is 20.1 Å². The molecule has 0 saturated carbocycles. The number of aromatic amines is 1. The van der Waals surface area contributed by atoms with Gasteiger partial charge in [-0.1, -0.05) is 54.6 Å². The molecule has 0 radical (unpaired) electrons. The number of fused-ring (bicyclic) bond motifs is 1. The first-order valence-electron chi connectivity index (χ1n) is 8.58. The molecule has 1 heterocycles. The number of rotatable bonds is 6. The quantitative estimate of drug-likeness (QED) is 0.542. The maximum Gasteiger partial charge on any atom is 0.218 e. The molecule has 2 N–H and O–H groups in total. The van der Waals surface area contributed by atoms with Gasteiger partial charge in [0.05, 0.1) is 0 Å². The molecule has 5 heteroatoms. The van der Waals surface area contributed by atoms with Crippen LogP contribution in [-0.2, 0) is 13.2 Å². The summed E-state index contributed by atoms with van der Waals surface area (Å²) < 4.78 is 6.20. The summed E-state index contributed by atoms with van der Waals surface area (Å²) in [5.41, 5.74) is 3.53. The fourth-order valence-corrected chi connectivity index (χ4v) is 3.02. The van der Waals surface area contributed by atoms with Crippen LogP contribution in [0.5, 0.6) is 5.75 Å². The van der Waals surface area contributed by atoms with E-state index in [0.29, 0.717) is 19.1 Å². The van der Waals surface area contributed by atoms with Crippen molar-refractivity contribution in [2.24, 2.45) is 0 Å². The Morgan fingerprint density at radius 2 is 1.85 bits per heavy atom. The van der Waals surface area contributed by atoms with Crippen molar-refractivity contribution in [3.63, 3.8) is 0 Å². The molecule has 0 aliphatic carbocycles. The smallest absolute Gasteiger partial charge is 0.218 e. The van der Waals surface area contributed by atoms with Gasteiger partial charge in [-0.25, -0.2) is 10.1 Å². The first-order chi connectivity index (χ1) is 12.8. The van der Waals surface area contributed by atoms with Crippen LogP contribution in [0, 0.1) is 6.92 Å². The van der Waals surface area contributed by atoms with Crippen LogP contribution in [0.2, 0.25) is 0 Å². The molecule has 0 fully saturated rings. The standard InChI is InChI=1S/C21H20N4O/c1-15-6-2-3-8-17(15)13-26-20-11-10-16-7-4-5-9-18(16)19(20)12-22-21-23-14-24-25-21/h2-11,14H,12-13H2,1H3,(H2,22,23,24,25). The first kappa shape index (κ1) is 16.1. The lowest BCUT2D eigenvalue weighted by Crippen LogP contribution is -2.06. The second-order valence-corrected chi connectivity index (χ2v) is 6.17. The molecule has 3 aromatic carbocycles. The lowest BCUT2D eigenvalue weighted by molar-refractivity contribution is 0.303. The summed E-state index contributed by atoms with van der Waals surface area (Å²) in [7, 11) is 0. The number of nitrogens with zero attached hydrogens (tertiary/aromatic N) is 2. The number of aromatic nitrogens is 3. The Kier molecular flexibility index (Phi) is 4.51. The van der Waals surface area contributed by atoms with Crippen molar-refractivity contribution in [1.29, 1.82) is 0 Å². The molecule has 0 aliphatic heterocycles. The summed E-state index contributed by atoms with van der Waals surface area (Å²) in [6, 6.07) is 20.7. The molecule has 4 rings (SSSR count). The molecule has 0 amide bonds.